The lowest BCUT2D eigenvalue weighted by Gasteiger charge is -2.17. The molecular weight excluding hydrogens is 352 g/mol. The van der Waals surface area contributed by atoms with Crippen LogP contribution in [0.3, 0.4) is 0 Å². The van der Waals surface area contributed by atoms with E-state index in [2.05, 4.69) is 5.10 Å². The zero-order valence-corrected chi connectivity index (χ0v) is 15.9. The van der Waals surface area contributed by atoms with Crippen molar-refractivity contribution in [1.82, 2.24) is 14.7 Å². The summed E-state index contributed by atoms with van der Waals surface area (Å²) < 4.78 is 7.06. The van der Waals surface area contributed by atoms with Gasteiger partial charge in [0.15, 0.2) is 0 Å². The predicted molar refractivity (Wildman–Crippen MR) is 107 cm³/mol. The Balaban J connectivity index is 1.47. The van der Waals surface area contributed by atoms with E-state index in [4.69, 9.17) is 10.5 Å². The highest BCUT2D eigenvalue weighted by Crippen LogP contribution is 2.29. The van der Waals surface area contributed by atoms with E-state index in [1.165, 1.54) is 0 Å². The van der Waals surface area contributed by atoms with Crippen molar-refractivity contribution in [2.45, 2.75) is 18.5 Å². The molecule has 1 amide bonds. The highest BCUT2D eigenvalue weighted by Gasteiger charge is 2.34. The van der Waals surface area contributed by atoms with E-state index in [1.54, 1.807) is 13.3 Å². The molecule has 4 rings (SSSR count). The van der Waals surface area contributed by atoms with E-state index in [0.29, 0.717) is 25.2 Å². The maximum absolute atomic E-state index is 13.1. The van der Waals surface area contributed by atoms with Gasteiger partial charge in [0.1, 0.15) is 5.75 Å². The van der Waals surface area contributed by atoms with Gasteiger partial charge in [-0.3, -0.25) is 9.48 Å². The average Bonchev–Trinajstić information content (AvgIpc) is 3.37. The fraction of sp³-hybridized carbons (Fsp3) is 0.273. The first-order valence-corrected chi connectivity index (χ1v) is 9.39. The Morgan fingerprint density at radius 3 is 2.71 bits per heavy atom. The quantitative estimate of drug-likeness (QED) is 0.743. The largest absolute Gasteiger partial charge is 0.497 e. The number of hydrogen-bond acceptors (Lipinski definition) is 4. The summed E-state index contributed by atoms with van der Waals surface area (Å²) in [6.07, 6.45) is 3.66. The van der Waals surface area contributed by atoms with Crippen molar-refractivity contribution in [1.29, 1.82) is 0 Å². The SMILES string of the molecule is COc1ccc(C2CN(C(=O)c3cccc(Cn4cccn4)c3)CC2N)cc1. The summed E-state index contributed by atoms with van der Waals surface area (Å²) in [6, 6.07) is 17.5. The van der Waals surface area contributed by atoms with Crippen LogP contribution in [-0.2, 0) is 6.54 Å². The standard InChI is InChI=1S/C22H24N4O2/c1-28-19-8-6-17(7-9-19)20-14-25(15-21(20)23)22(27)18-5-2-4-16(12-18)13-26-11-3-10-24-26/h2-12,20-21H,13-15,23H2,1H3. The molecule has 2 unspecified atom stereocenters. The molecule has 3 aromatic rings. The lowest BCUT2D eigenvalue weighted by molar-refractivity contribution is 0.0789. The summed E-state index contributed by atoms with van der Waals surface area (Å²) in [5, 5.41) is 4.23. The Kier molecular flexibility index (Phi) is 5.12. The van der Waals surface area contributed by atoms with Gasteiger partial charge < -0.3 is 15.4 Å². The molecule has 2 heterocycles. The van der Waals surface area contributed by atoms with Gasteiger partial charge in [-0.2, -0.15) is 5.10 Å². The molecule has 0 saturated carbocycles. The molecule has 2 aromatic carbocycles. The molecule has 0 aliphatic carbocycles. The lowest BCUT2D eigenvalue weighted by Crippen LogP contribution is -2.32. The molecule has 1 aliphatic rings. The molecule has 1 aromatic heterocycles. The third-order valence-electron chi connectivity index (χ3n) is 5.27. The van der Waals surface area contributed by atoms with Crippen LogP contribution < -0.4 is 10.5 Å². The van der Waals surface area contributed by atoms with Gasteiger partial charge in [-0.05, 0) is 41.5 Å². The zero-order valence-electron chi connectivity index (χ0n) is 15.9. The van der Waals surface area contributed by atoms with Crippen molar-refractivity contribution < 1.29 is 9.53 Å². The maximum atomic E-state index is 13.1. The second-order valence-electron chi connectivity index (χ2n) is 7.16. The molecule has 0 radical (unpaired) electrons. The summed E-state index contributed by atoms with van der Waals surface area (Å²) >= 11 is 0. The van der Waals surface area contributed by atoms with E-state index in [1.807, 2.05) is 70.4 Å². The first-order valence-electron chi connectivity index (χ1n) is 9.39. The monoisotopic (exact) mass is 376 g/mol. The molecule has 1 aliphatic heterocycles. The van der Waals surface area contributed by atoms with Crippen LogP contribution >= 0.6 is 0 Å². The number of carbonyl (C=O) groups excluding carboxylic acids is 1. The molecular formula is C22H24N4O2. The molecule has 6 heteroatoms. The second-order valence-corrected chi connectivity index (χ2v) is 7.16. The van der Waals surface area contributed by atoms with Gasteiger partial charge >= 0.3 is 0 Å². The summed E-state index contributed by atoms with van der Waals surface area (Å²) in [7, 11) is 1.65. The number of carbonyl (C=O) groups is 1. The molecule has 28 heavy (non-hydrogen) atoms. The molecule has 1 fully saturated rings. The van der Waals surface area contributed by atoms with Crippen LogP contribution in [0.15, 0.2) is 67.0 Å². The van der Waals surface area contributed by atoms with Crippen molar-refractivity contribution in [3.05, 3.63) is 83.7 Å². The van der Waals surface area contributed by atoms with Crippen molar-refractivity contribution in [2.24, 2.45) is 5.73 Å². The minimum absolute atomic E-state index is 0.0220. The Morgan fingerprint density at radius 1 is 1.18 bits per heavy atom. The van der Waals surface area contributed by atoms with Gasteiger partial charge in [0.2, 0.25) is 0 Å². The summed E-state index contributed by atoms with van der Waals surface area (Å²) in [5.41, 5.74) is 9.24. The smallest absolute Gasteiger partial charge is 0.253 e. The molecule has 2 N–H and O–H groups in total. The summed E-state index contributed by atoms with van der Waals surface area (Å²) in [6.45, 7) is 1.82. The summed E-state index contributed by atoms with van der Waals surface area (Å²) in [5.74, 6) is 0.966. The predicted octanol–water partition coefficient (Wildman–Crippen LogP) is 2.51. The average molecular weight is 376 g/mol. The number of benzene rings is 2. The minimum Gasteiger partial charge on any atom is -0.497 e. The van der Waals surface area contributed by atoms with Gasteiger partial charge in [0.25, 0.3) is 5.91 Å². The Hall–Kier alpha value is -3.12. The van der Waals surface area contributed by atoms with Crippen molar-refractivity contribution in [3.63, 3.8) is 0 Å². The molecule has 144 valence electrons. The van der Waals surface area contributed by atoms with Crippen LogP contribution in [-0.4, -0.2) is 46.8 Å². The number of hydrogen-bond donors (Lipinski definition) is 1. The number of aromatic nitrogens is 2. The maximum Gasteiger partial charge on any atom is 0.253 e. The molecule has 6 nitrogen and oxygen atoms in total. The second kappa shape index (κ2) is 7.86. The first kappa shape index (κ1) is 18.3. The highest BCUT2D eigenvalue weighted by molar-refractivity contribution is 5.94. The van der Waals surface area contributed by atoms with Crippen LogP contribution in [0, 0.1) is 0 Å². The molecule has 2 atom stereocenters. The fourth-order valence-corrected chi connectivity index (χ4v) is 3.76. The number of ether oxygens (including phenoxy) is 1. The van der Waals surface area contributed by atoms with Crippen LogP contribution in [0.1, 0.15) is 27.4 Å². The fourth-order valence-electron chi connectivity index (χ4n) is 3.76. The zero-order chi connectivity index (χ0) is 19.5. The van der Waals surface area contributed by atoms with Crippen LogP contribution in [0.4, 0.5) is 0 Å². The van der Waals surface area contributed by atoms with E-state index in [0.717, 1.165) is 16.9 Å². The van der Waals surface area contributed by atoms with Crippen LogP contribution in [0.5, 0.6) is 5.75 Å². The van der Waals surface area contributed by atoms with Crippen molar-refractivity contribution >= 4 is 5.91 Å². The number of methoxy groups -OCH3 is 1. The summed E-state index contributed by atoms with van der Waals surface area (Å²) in [4.78, 5) is 14.9. The van der Waals surface area contributed by atoms with Gasteiger partial charge in [-0.1, -0.05) is 24.3 Å². The molecule has 0 bridgehead atoms. The number of nitrogens with two attached hydrogens (primary N) is 1. The van der Waals surface area contributed by atoms with E-state index < -0.39 is 0 Å². The molecule has 0 spiro atoms. The van der Waals surface area contributed by atoms with Gasteiger partial charge in [-0.25, -0.2) is 0 Å². The third-order valence-corrected chi connectivity index (χ3v) is 5.27. The van der Waals surface area contributed by atoms with Crippen molar-refractivity contribution in [2.75, 3.05) is 20.2 Å². The van der Waals surface area contributed by atoms with E-state index in [9.17, 15) is 4.79 Å². The van der Waals surface area contributed by atoms with Crippen molar-refractivity contribution in [3.8, 4) is 5.75 Å². The molecule has 1 saturated heterocycles. The van der Waals surface area contributed by atoms with Crippen LogP contribution in [0.25, 0.3) is 0 Å². The van der Waals surface area contributed by atoms with Gasteiger partial charge in [0.05, 0.1) is 13.7 Å². The van der Waals surface area contributed by atoms with E-state index >= 15 is 0 Å². The number of likely N-dealkylation sites (tertiary alicyclic amines) is 1. The normalized spacial score (nSPS) is 19.0. The number of nitrogens with zero attached hydrogens (tertiary/aromatic N) is 3. The minimum atomic E-state index is -0.0791. The topological polar surface area (TPSA) is 73.4 Å². The highest BCUT2D eigenvalue weighted by atomic mass is 16.5. The Morgan fingerprint density at radius 2 is 2.00 bits per heavy atom. The number of rotatable bonds is 5. The third kappa shape index (κ3) is 3.77. The van der Waals surface area contributed by atoms with Gasteiger partial charge in [-0.15, -0.1) is 0 Å². The Bertz CT molecular complexity index is 937. The van der Waals surface area contributed by atoms with Gasteiger partial charge in [0, 0.05) is 43.0 Å². The number of amides is 1. The van der Waals surface area contributed by atoms with Crippen LogP contribution in [0.2, 0.25) is 0 Å². The lowest BCUT2D eigenvalue weighted by atomic mass is 9.95. The van der Waals surface area contributed by atoms with E-state index in [-0.39, 0.29) is 17.9 Å². The first-order chi connectivity index (χ1) is 13.6. The Labute approximate surface area is 164 Å².